The lowest BCUT2D eigenvalue weighted by Gasteiger charge is -2.24. The summed E-state index contributed by atoms with van der Waals surface area (Å²) in [5, 5.41) is 2.30. The molecule has 1 aromatic heterocycles. The van der Waals surface area contributed by atoms with Crippen LogP contribution in [0.15, 0.2) is 71.6 Å². The molecule has 6 nitrogen and oxygen atoms in total. The number of nitrogens with zero attached hydrogens (tertiary/aromatic N) is 1. The van der Waals surface area contributed by atoms with E-state index in [9.17, 15) is 13.2 Å². The summed E-state index contributed by atoms with van der Waals surface area (Å²) in [6.45, 7) is 0. The second-order valence-electron chi connectivity index (χ2n) is 6.93. The molecule has 0 amide bonds. The Morgan fingerprint density at radius 3 is 2.55 bits per heavy atom. The molecular formula is C22H19ClN2O4S2. The van der Waals surface area contributed by atoms with E-state index in [4.69, 9.17) is 16.3 Å². The van der Waals surface area contributed by atoms with Crippen LogP contribution in [0.5, 0.6) is 0 Å². The van der Waals surface area contributed by atoms with Gasteiger partial charge in [-0.1, -0.05) is 35.9 Å². The monoisotopic (exact) mass is 474 g/mol. The molecule has 3 aromatic rings. The third-order valence-corrected chi connectivity index (χ3v) is 7.37. The molecule has 0 radical (unpaired) electrons. The predicted molar refractivity (Wildman–Crippen MR) is 124 cm³/mol. The van der Waals surface area contributed by atoms with Gasteiger partial charge < -0.3 is 4.74 Å². The molecule has 1 aliphatic heterocycles. The lowest BCUT2D eigenvalue weighted by molar-refractivity contribution is -0.141. The van der Waals surface area contributed by atoms with E-state index < -0.39 is 21.8 Å². The number of anilines is 1. The zero-order chi connectivity index (χ0) is 22.2. The van der Waals surface area contributed by atoms with Crippen molar-refractivity contribution >= 4 is 50.1 Å². The standard InChI is InChI=1S/C22H19ClN2O4S2/c1-29-22(26)17-13-19(25(24-17)18-9-4-3-8-16(18)23)21-11-10-20(30-21)14-6-5-7-15(12-14)31(2,27)28/h3-13,17,24H,1-2H3. The Morgan fingerprint density at radius 2 is 1.84 bits per heavy atom. The molecule has 31 heavy (non-hydrogen) atoms. The molecule has 9 heteroatoms. The highest BCUT2D eigenvalue weighted by Crippen LogP contribution is 2.39. The second-order valence-corrected chi connectivity index (χ2v) is 10.4. The average Bonchev–Trinajstić information content (AvgIpc) is 3.40. The maximum atomic E-state index is 12.2. The highest BCUT2D eigenvalue weighted by atomic mass is 35.5. The van der Waals surface area contributed by atoms with E-state index in [2.05, 4.69) is 5.43 Å². The van der Waals surface area contributed by atoms with Gasteiger partial charge in [0, 0.05) is 11.1 Å². The zero-order valence-electron chi connectivity index (χ0n) is 16.7. The van der Waals surface area contributed by atoms with Crippen molar-refractivity contribution in [3.63, 3.8) is 0 Å². The normalized spacial score (nSPS) is 16.3. The molecule has 160 valence electrons. The minimum absolute atomic E-state index is 0.269. The number of thiophene rings is 1. The minimum Gasteiger partial charge on any atom is -0.468 e. The third-order valence-electron chi connectivity index (χ3n) is 4.79. The molecule has 2 aromatic carbocycles. The fourth-order valence-corrected chi connectivity index (χ4v) is 5.17. The number of para-hydroxylation sites is 1. The van der Waals surface area contributed by atoms with Crippen molar-refractivity contribution in [3.8, 4) is 10.4 Å². The van der Waals surface area contributed by atoms with Gasteiger partial charge in [0.15, 0.2) is 9.84 Å². The number of sulfone groups is 1. The Hall–Kier alpha value is -2.65. The van der Waals surface area contributed by atoms with Crippen LogP contribution in [0.3, 0.4) is 0 Å². The van der Waals surface area contributed by atoms with E-state index in [0.29, 0.717) is 10.7 Å². The number of carbonyl (C=O) groups excluding carboxylic acids is 1. The summed E-state index contributed by atoms with van der Waals surface area (Å²) in [5.41, 5.74) is 5.41. The average molecular weight is 475 g/mol. The number of nitrogens with one attached hydrogen (secondary N) is 1. The highest BCUT2D eigenvalue weighted by molar-refractivity contribution is 7.90. The summed E-state index contributed by atoms with van der Waals surface area (Å²) in [4.78, 5) is 14.2. The van der Waals surface area contributed by atoms with Crippen LogP contribution in [0.4, 0.5) is 5.69 Å². The summed E-state index contributed by atoms with van der Waals surface area (Å²) < 4.78 is 28.7. The second kappa shape index (κ2) is 8.47. The molecule has 0 aliphatic carbocycles. The van der Waals surface area contributed by atoms with Gasteiger partial charge in [-0.05, 0) is 48.0 Å². The van der Waals surface area contributed by atoms with Crippen molar-refractivity contribution in [2.45, 2.75) is 10.9 Å². The van der Waals surface area contributed by atoms with Crippen molar-refractivity contribution in [1.82, 2.24) is 5.43 Å². The summed E-state index contributed by atoms with van der Waals surface area (Å²) in [6.07, 6.45) is 2.98. The minimum atomic E-state index is -3.30. The van der Waals surface area contributed by atoms with Gasteiger partial charge in [0.25, 0.3) is 0 Å². The van der Waals surface area contributed by atoms with Gasteiger partial charge in [0.05, 0.1) is 33.3 Å². The van der Waals surface area contributed by atoms with Crippen molar-refractivity contribution in [3.05, 3.63) is 76.6 Å². The Bertz CT molecular complexity index is 1280. The van der Waals surface area contributed by atoms with Crippen LogP contribution in [0, 0.1) is 0 Å². The Morgan fingerprint density at radius 1 is 1.10 bits per heavy atom. The molecule has 1 N–H and O–H groups in total. The zero-order valence-corrected chi connectivity index (χ0v) is 19.1. The molecule has 1 atom stereocenters. The molecule has 4 rings (SSSR count). The number of halogens is 1. The number of rotatable bonds is 5. The van der Waals surface area contributed by atoms with Gasteiger partial charge in [-0.25, -0.2) is 18.6 Å². The summed E-state index contributed by atoms with van der Waals surface area (Å²) in [5.74, 6) is -0.412. The first-order chi connectivity index (χ1) is 14.8. The van der Waals surface area contributed by atoms with Crippen LogP contribution < -0.4 is 10.4 Å². The van der Waals surface area contributed by atoms with Gasteiger partial charge in [-0.3, -0.25) is 5.01 Å². The van der Waals surface area contributed by atoms with Crippen molar-refractivity contribution < 1.29 is 17.9 Å². The van der Waals surface area contributed by atoms with Crippen LogP contribution in [0.2, 0.25) is 5.02 Å². The number of hydrogen-bond donors (Lipinski definition) is 1. The van der Waals surface area contributed by atoms with E-state index in [0.717, 1.165) is 21.0 Å². The molecule has 1 aliphatic rings. The molecule has 0 spiro atoms. The number of hydrazine groups is 1. The fourth-order valence-electron chi connectivity index (χ4n) is 3.26. The lowest BCUT2D eigenvalue weighted by atomic mass is 10.2. The topological polar surface area (TPSA) is 75.7 Å². The van der Waals surface area contributed by atoms with Crippen LogP contribution in [-0.4, -0.2) is 33.8 Å². The van der Waals surface area contributed by atoms with Gasteiger partial charge in [-0.15, -0.1) is 11.3 Å². The first kappa shape index (κ1) is 21.6. The summed E-state index contributed by atoms with van der Waals surface area (Å²) in [6, 6.07) is 17.4. The number of esters is 1. The van der Waals surface area contributed by atoms with E-state index in [1.165, 1.54) is 24.7 Å². The van der Waals surface area contributed by atoms with Crippen LogP contribution in [0.1, 0.15) is 4.88 Å². The molecule has 0 saturated heterocycles. The number of carbonyl (C=O) groups is 1. The highest BCUT2D eigenvalue weighted by Gasteiger charge is 2.32. The predicted octanol–water partition coefficient (Wildman–Crippen LogP) is 4.38. The molecule has 0 bridgehead atoms. The smallest absolute Gasteiger partial charge is 0.328 e. The van der Waals surface area contributed by atoms with Gasteiger partial charge in [-0.2, -0.15) is 0 Å². The molecule has 0 saturated carbocycles. The van der Waals surface area contributed by atoms with Gasteiger partial charge >= 0.3 is 5.97 Å². The Kier molecular flexibility index (Phi) is 5.90. The molecule has 0 fully saturated rings. The van der Waals surface area contributed by atoms with Crippen LogP contribution >= 0.6 is 22.9 Å². The number of methoxy groups -OCH3 is 1. The van der Waals surface area contributed by atoms with Crippen molar-refractivity contribution in [1.29, 1.82) is 0 Å². The maximum absolute atomic E-state index is 12.2. The maximum Gasteiger partial charge on any atom is 0.328 e. The van der Waals surface area contributed by atoms with Crippen molar-refractivity contribution in [2.24, 2.45) is 0 Å². The van der Waals surface area contributed by atoms with E-state index in [1.54, 1.807) is 35.4 Å². The van der Waals surface area contributed by atoms with Crippen molar-refractivity contribution in [2.75, 3.05) is 18.4 Å². The summed E-state index contributed by atoms with van der Waals surface area (Å²) in [7, 11) is -1.96. The number of ether oxygens (including phenoxy) is 1. The van der Waals surface area contributed by atoms with Gasteiger partial charge in [0.1, 0.15) is 6.04 Å². The lowest BCUT2D eigenvalue weighted by Crippen LogP contribution is -2.41. The van der Waals surface area contributed by atoms with Gasteiger partial charge in [0.2, 0.25) is 0 Å². The van der Waals surface area contributed by atoms with E-state index in [-0.39, 0.29) is 4.90 Å². The van der Waals surface area contributed by atoms with Crippen LogP contribution in [0.25, 0.3) is 16.1 Å². The largest absolute Gasteiger partial charge is 0.468 e. The Labute approximate surface area is 189 Å². The van der Waals surface area contributed by atoms with E-state index >= 15 is 0 Å². The summed E-state index contributed by atoms with van der Waals surface area (Å²) >= 11 is 7.89. The molecule has 2 heterocycles. The first-order valence-corrected chi connectivity index (χ1v) is 12.4. The van der Waals surface area contributed by atoms with Crippen LogP contribution in [-0.2, 0) is 19.4 Å². The van der Waals surface area contributed by atoms with E-state index in [1.807, 2.05) is 36.4 Å². The fraction of sp³-hybridized carbons (Fsp3) is 0.136. The number of benzene rings is 2. The molecular weight excluding hydrogens is 456 g/mol. The Balaban J connectivity index is 1.74. The molecule has 1 unspecified atom stereocenters. The SMILES string of the molecule is COC(=O)C1C=C(c2ccc(-c3cccc(S(C)(=O)=O)c3)s2)N(c2ccccc2Cl)N1. The quantitative estimate of drug-likeness (QED) is 0.553. The number of hydrogen-bond acceptors (Lipinski definition) is 7. The first-order valence-electron chi connectivity index (χ1n) is 9.29. The third kappa shape index (κ3) is 4.38.